The van der Waals surface area contributed by atoms with Gasteiger partial charge in [0.15, 0.2) is 0 Å². The zero-order valence-corrected chi connectivity index (χ0v) is 13.9. The van der Waals surface area contributed by atoms with Gasteiger partial charge in [0.05, 0.1) is 5.92 Å². The molecular weight excluding hydrogens is 302 g/mol. The van der Waals surface area contributed by atoms with Crippen molar-refractivity contribution in [1.82, 2.24) is 15.2 Å². The molecule has 0 spiro atoms. The summed E-state index contributed by atoms with van der Waals surface area (Å²) >= 11 is 0. The van der Waals surface area contributed by atoms with Crippen molar-refractivity contribution >= 4 is 11.8 Å². The van der Waals surface area contributed by atoms with Crippen LogP contribution in [0.1, 0.15) is 40.4 Å². The first-order chi connectivity index (χ1) is 11.7. The molecular formula is C19H23N3O2. The number of hydrogen-bond donors (Lipinski definition) is 2. The molecule has 0 unspecified atom stereocenters. The molecule has 0 radical (unpaired) electrons. The van der Waals surface area contributed by atoms with E-state index in [0.29, 0.717) is 18.8 Å². The molecule has 24 heavy (non-hydrogen) atoms. The molecule has 2 aromatic rings. The lowest BCUT2D eigenvalue weighted by Gasteiger charge is -2.24. The van der Waals surface area contributed by atoms with Crippen LogP contribution in [0.3, 0.4) is 0 Å². The summed E-state index contributed by atoms with van der Waals surface area (Å²) in [6, 6.07) is 11.8. The monoisotopic (exact) mass is 325 g/mol. The standard InChI is InChI=1S/C19H23N3O2/c1-22-13-5-10-17(22)19(24)21-12-11-20-18(23)16-9-4-7-14-6-2-3-8-15(14)16/h2-3,5-6,8,10,13,16H,4,7,9,11-12H2,1H3,(H,20,23)(H,21,24)/t16-/m1/s1. The number of amides is 2. The van der Waals surface area contributed by atoms with Crippen LogP contribution in [0, 0.1) is 0 Å². The Hall–Kier alpha value is -2.56. The SMILES string of the molecule is Cn1cccc1C(=O)NCCNC(=O)[C@@H]1CCCc2ccccc21. The number of aromatic nitrogens is 1. The molecule has 2 N–H and O–H groups in total. The van der Waals surface area contributed by atoms with Crippen molar-refractivity contribution in [3.8, 4) is 0 Å². The van der Waals surface area contributed by atoms with Gasteiger partial charge in [-0.25, -0.2) is 0 Å². The van der Waals surface area contributed by atoms with Gasteiger partial charge in [-0.1, -0.05) is 24.3 Å². The van der Waals surface area contributed by atoms with E-state index in [-0.39, 0.29) is 17.7 Å². The first kappa shape index (κ1) is 16.3. The van der Waals surface area contributed by atoms with Gasteiger partial charge in [-0.05, 0) is 42.5 Å². The molecule has 0 saturated heterocycles. The topological polar surface area (TPSA) is 63.1 Å². The largest absolute Gasteiger partial charge is 0.354 e. The maximum absolute atomic E-state index is 12.5. The van der Waals surface area contributed by atoms with Crippen molar-refractivity contribution in [1.29, 1.82) is 0 Å². The predicted octanol–water partition coefficient (Wildman–Crippen LogP) is 1.99. The maximum atomic E-state index is 12.5. The zero-order valence-electron chi connectivity index (χ0n) is 13.9. The maximum Gasteiger partial charge on any atom is 0.267 e. The lowest BCUT2D eigenvalue weighted by Crippen LogP contribution is -2.38. The number of nitrogens with one attached hydrogen (secondary N) is 2. The third-order valence-corrected chi connectivity index (χ3v) is 4.57. The molecule has 3 rings (SSSR count). The highest BCUT2D eigenvalue weighted by Gasteiger charge is 2.25. The molecule has 1 atom stereocenters. The van der Waals surface area contributed by atoms with Gasteiger partial charge < -0.3 is 15.2 Å². The summed E-state index contributed by atoms with van der Waals surface area (Å²) < 4.78 is 1.77. The minimum Gasteiger partial charge on any atom is -0.354 e. The molecule has 1 aromatic carbocycles. The summed E-state index contributed by atoms with van der Waals surface area (Å²) in [6.45, 7) is 0.859. The van der Waals surface area contributed by atoms with E-state index in [2.05, 4.69) is 22.8 Å². The van der Waals surface area contributed by atoms with E-state index in [9.17, 15) is 9.59 Å². The van der Waals surface area contributed by atoms with Gasteiger partial charge >= 0.3 is 0 Å². The molecule has 1 heterocycles. The van der Waals surface area contributed by atoms with E-state index in [0.717, 1.165) is 24.8 Å². The van der Waals surface area contributed by atoms with E-state index >= 15 is 0 Å². The number of benzene rings is 1. The Labute approximate surface area is 142 Å². The molecule has 2 amide bonds. The summed E-state index contributed by atoms with van der Waals surface area (Å²) in [4.78, 5) is 24.5. The molecule has 0 aliphatic heterocycles. The Balaban J connectivity index is 1.48. The van der Waals surface area contributed by atoms with Gasteiger partial charge in [0.1, 0.15) is 5.69 Å². The van der Waals surface area contributed by atoms with Gasteiger partial charge in [-0.15, -0.1) is 0 Å². The first-order valence-electron chi connectivity index (χ1n) is 8.42. The second-order valence-corrected chi connectivity index (χ2v) is 6.19. The predicted molar refractivity (Wildman–Crippen MR) is 92.9 cm³/mol. The van der Waals surface area contributed by atoms with Crippen molar-refractivity contribution in [3.05, 3.63) is 59.4 Å². The fraction of sp³-hybridized carbons (Fsp3) is 0.368. The van der Waals surface area contributed by atoms with E-state index in [1.54, 1.807) is 10.6 Å². The van der Waals surface area contributed by atoms with Gasteiger partial charge in [0.2, 0.25) is 5.91 Å². The van der Waals surface area contributed by atoms with Gasteiger partial charge in [-0.2, -0.15) is 0 Å². The quantitative estimate of drug-likeness (QED) is 0.826. The fourth-order valence-electron chi connectivity index (χ4n) is 3.30. The normalized spacial score (nSPS) is 16.3. The van der Waals surface area contributed by atoms with E-state index in [1.807, 2.05) is 31.4 Å². The van der Waals surface area contributed by atoms with Crippen LogP contribution in [-0.2, 0) is 18.3 Å². The lowest BCUT2D eigenvalue weighted by molar-refractivity contribution is -0.122. The highest BCUT2D eigenvalue weighted by atomic mass is 16.2. The number of hydrogen-bond acceptors (Lipinski definition) is 2. The van der Waals surface area contributed by atoms with Crippen LogP contribution in [-0.4, -0.2) is 29.5 Å². The average Bonchev–Trinajstić information content (AvgIpc) is 3.04. The zero-order chi connectivity index (χ0) is 16.9. The summed E-state index contributed by atoms with van der Waals surface area (Å²) in [5.41, 5.74) is 3.04. The Morgan fingerprint density at radius 3 is 2.71 bits per heavy atom. The van der Waals surface area contributed by atoms with E-state index < -0.39 is 0 Å². The number of fused-ring (bicyclic) bond motifs is 1. The average molecular weight is 325 g/mol. The summed E-state index contributed by atoms with van der Waals surface area (Å²) in [5, 5.41) is 5.78. The van der Waals surface area contributed by atoms with Gasteiger partial charge in [0.25, 0.3) is 5.91 Å². The molecule has 1 aliphatic carbocycles. The number of aryl methyl sites for hydroxylation is 2. The second-order valence-electron chi connectivity index (χ2n) is 6.19. The van der Waals surface area contributed by atoms with Crippen LogP contribution < -0.4 is 10.6 Å². The molecule has 5 heteroatoms. The Kier molecular flexibility index (Phi) is 4.99. The van der Waals surface area contributed by atoms with Crippen LogP contribution in [0.15, 0.2) is 42.6 Å². The van der Waals surface area contributed by atoms with Crippen LogP contribution in [0.5, 0.6) is 0 Å². The van der Waals surface area contributed by atoms with E-state index in [4.69, 9.17) is 0 Å². The highest BCUT2D eigenvalue weighted by molar-refractivity contribution is 5.92. The number of carbonyl (C=O) groups is 2. The minimum atomic E-state index is -0.125. The van der Waals surface area contributed by atoms with Gasteiger partial charge in [0, 0.05) is 26.3 Å². The van der Waals surface area contributed by atoms with Crippen molar-refractivity contribution in [2.24, 2.45) is 7.05 Å². The molecule has 126 valence electrons. The third kappa shape index (κ3) is 3.50. The summed E-state index contributed by atoms with van der Waals surface area (Å²) in [7, 11) is 1.83. The molecule has 1 aromatic heterocycles. The first-order valence-corrected chi connectivity index (χ1v) is 8.42. The Morgan fingerprint density at radius 2 is 1.92 bits per heavy atom. The Morgan fingerprint density at radius 1 is 1.12 bits per heavy atom. The summed E-state index contributed by atoms with van der Waals surface area (Å²) in [6.07, 6.45) is 4.81. The number of nitrogens with zero attached hydrogens (tertiary/aromatic N) is 1. The molecule has 1 aliphatic rings. The summed E-state index contributed by atoms with van der Waals surface area (Å²) in [5.74, 6) is -0.145. The number of carbonyl (C=O) groups excluding carboxylic acids is 2. The van der Waals surface area contributed by atoms with Crippen molar-refractivity contribution in [2.45, 2.75) is 25.2 Å². The molecule has 5 nitrogen and oxygen atoms in total. The second kappa shape index (κ2) is 7.34. The Bertz CT molecular complexity index is 736. The van der Waals surface area contributed by atoms with E-state index in [1.165, 1.54) is 5.56 Å². The van der Waals surface area contributed by atoms with Crippen LogP contribution >= 0.6 is 0 Å². The highest BCUT2D eigenvalue weighted by Crippen LogP contribution is 2.31. The van der Waals surface area contributed by atoms with Crippen LogP contribution in [0.4, 0.5) is 0 Å². The van der Waals surface area contributed by atoms with Crippen molar-refractivity contribution < 1.29 is 9.59 Å². The molecule has 0 fully saturated rings. The van der Waals surface area contributed by atoms with Crippen LogP contribution in [0.25, 0.3) is 0 Å². The van der Waals surface area contributed by atoms with Crippen molar-refractivity contribution in [2.75, 3.05) is 13.1 Å². The fourth-order valence-corrected chi connectivity index (χ4v) is 3.30. The number of rotatable bonds is 5. The lowest BCUT2D eigenvalue weighted by atomic mass is 9.82. The molecule has 0 saturated carbocycles. The van der Waals surface area contributed by atoms with Gasteiger partial charge in [-0.3, -0.25) is 9.59 Å². The van der Waals surface area contributed by atoms with Crippen LogP contribution in [0.2, 0.25) is 0 Å². The minimum absolute atomic E-state index is 0.0512. The smallest absolute Gasteiger partial charge is 0.267 e. The van der Waals surface area contributed by atoms with Crippen molar-refractivity contribution in [3.63, 3.8) is 0 Å². The molecule has 0 bridgehead atoms. The third-order valence-electron chi connectivity index (χ3n) is 4.57.